The first-order valence-corrected chi connectivity index (χ1v) is 25.9. The van der Waals surface area contributed by atoms with Gasteiger partial charge in [-0.25, -0.2) is 0 Å². The number of rotatable bonds is 46. The summed E-state index contributed by atoms with van der Waals surface area (Å²) in [7, 11) is 0. The van der Waals surface area contributed by atoms with Crippen molar-refractivity contribution in [2.45, 2.75) is 277 Å². The van der Waals surface area contributed by atoms with E-state index in [4.69, 9.17) is 4.74 Å². The Morgan fingerprint density at radius 3 is 1.35 bits per heavy atom. The SMILES string of the molecule is CC/C=C/C/C=C/CCCCCCCC(CC(=O)NC(CO)C(O)CCCCCCCCCCCCCCCCCC)OC(=O)CC/C=C/C/C=C\CCCCCCCC. The third-order valence-corrected chi connectivity index (χ3v) is 11.7. The van der Waals surface area contributed by atoms with E-state index in [0.29, 0.717) is 19.3 Å². The van der Waals surface area contributed by atoms with Gasteiger partial charge < -0.3 is 20.3 Å². The normalized spacial score (nSPS) is 13.6. The highest BCUT2D eigenvalue weighted by molar-refractivity contribution is 5.77. The van der Waals surface area contributed by atoms with E-state index in [2.05, 4.69) is 68.6 Å². The number of allylic oxidation sites excluding steroid dienone is 8. The van der Waals surface area contributed by atoms with Crippen molar-refractivity contribution in [3.05, 3.63) is 48.6 Å². The van der Waals surface area contributed by atoms with Crippen molar-refractivity contribution >= 4 is 11.9 Å². The van der Waals surface area contributed by atoms with Crippen LogP contribution in [-0.4, -0.2) is 46.9 Å². The lowest BCUT2D eigenvalue weighted by atomic mass is 10.0. The maximum atomic E-state index is 13.2. The van der Waals surface area contributed by atoms with Gasteiger partial charge in [-0.05, 0) is 70.6 Å². The molecule has 0 aromatic rings. The number of amides is 1. The molecule has 0 bridgehead atoms. The van der Waals surface area contributed by atoms with E-state index in [0.717, 1.165) is 77.0 Å². The summed E-state index contributed by atoms with van der Waals surface area (Å²) in [5.74, 6) is -0.565. The van der Waals surface area contributed by atoms with E-state index in [1.807, 2.05) is 6.08 Å². The second-order valence-corrected chi connectivity index (χ2v) is 17.5. The highest BCUT2D eigenvalue weighted by Gasteiger charge is 2.24. The molecule has 0 fully saturated rings. The van der Waals surface area contributed by atoms with Crippen molar-refractivity contribution in [3.63, 3.8) is 0 Å². The fraction of sp³-hybridized carbons (Fsp3) is 0.815. The highest BCUT2D eigenvalue weighted by Crippen LogP contribution is 2.17. The average molecular weight is 842 g/mol. The molecule has 350 valence electrons. The number of unbranched alkanes of at least 4 members (excludes halogenated alkanes) is 26. The molecule has 0 aliphatic heterocycles. The first kappa shape index (κ1) is 57.8. The zero-order valence-corrected chi connectivity index (χ0v) is 39.8. The third kappa shape index (κ3) is 42.5. The van der Waals surface area contributed by atoms with Gasteiger partial charge in [-0.2, -0.15) is 0 Å². The summed E-state index contributed by atoms with van der Waals surface area (Å²) in [5.41, 5.74) is 0. The molecule has 6 heteroatoms. The van der Waals surface area contributed by atoms with Crippen molar-refractivity contribution in [1.29, 1.82) is 0 Å². The Morgan fingerprint density at radius 1 is 0.500 bits per heavy atom. The smallest absolute Gasteiger partial charge is 0.306 e. The van der Waals surface area contributed by atoms with Crippen LogP contribution in [0, 0.1) is 0 Å². The van der Waals surface area contributed by atoms with E-state index < -0.39 is 18.2 Å². The molecule has 0 spiro atoms. The van der Waals surface area contributed by atoms with Crippen molar-refractivity contribution in [2.75, 3.05) is 6.61 Å². The maximum Gasteiger partial charge on any atom is 0.306 e. The molecular formula is C54H99NO5. The lowest BCUT2D eigenvalue weighted by Gasteiger charge is -2.24. The number of aliphatic hydroxyl groups excluding tert-OH is 2. The number of aliphatic hydroxyl groups is 2. The molecule has 0 rings (SSSR count). The van der Waals surface area contributed by atoms with Gasteiger partial charge in [-0.15, -0.1) is 0 Å². The summed E-state index contributed by atoms with van der Waals surface area (Å²) in [5, 5.41) is 23.8. The summed E-state index contributed by atoms with van der Waals surface area (Å²) in [4.78, 5) is 26.1. The fourth-order valence-electron chi connectivity index (χ4n) is 7.76. The summed E-state index contributed by atoms with van der Waals surface area (Å²) in [6.45, 7) is 6.36. The number of hydrogen-bond acceptors (Lipinski definition) is 5. The molecule has 0 radical (unpaired) electrons. The van der Waals surface area contributed by atoms with Crippen LogP contribution in [0.2, 0.25) is 0 Å². The van der Waals surface area contributed by atoms with Crippen LogP contribution in [0.25, 0.3) is 0 Å². The number of ether oxygens (including phenoxy) is 1. The molecule has 0 aliphatic rings. The summed E-state index contributed by atoms with van der Waals surface area (Å²) < 4.78 is 5.88. The zero-order chi connectivity index (χ0) is 43.8. The summed E-state index contributed by atoms with van der Waals surface area (Å²) in [6.07, 6.45) is 57.5. The second kappa shape index (κ2) is 47.9. The van der Waals surface area contributed by atoms with Crippen LogP contribution in [0.3, 0.4) is 0 Å². The van der Waals surface area contributed by atoms with Gasteiger partial charge in [0, 0.05) is 6.42 Å². The minimum atomic E-state index is -0.800. The number of esters is 1. The molecule has 0 heterocycles. The second-order valence-electron chi connectivity index (χ2n) is 17.5. The van der Waals surface area contributed by atoms with Crippen LogP contribution in [0.1, 0.15) is 258 Å². The molecule has 0 aromatic carbocycles. The van der Waals surface area contributed by atoms with Gasteiger partial charge in [-0.3, -0.25) is 9.59 Å². The Balaban J connectivity index is 4.58. The minimum absolute atomic E-state index is 0.0461. The minimum Gasteiger partial charge on any atom is -0.462 e. The van der Waals surface area contributed by atoms with E-state index in [1.165, 1.54) is 128 Å². The van der Waals surface area contributed by atoms with E-state index >= 15 is 0 Å². The Kier molecular flexibility index (Phi) is 46.1. The van der Waals surface area contributed by atoms with Crippen LogP contribution >= 0.6 is 0 Å². The van der Waals surface area contributed by atoms with Crippen LogP contribution < -0.4 is 5.32 Å². The van der Waals surface area contributed by atoms with Gasteiger partial charge in [0.15, 0.2) is 0 Å². The van der Waals surface area contributed by atoms with E-state index in [-0.39, 0.29) is 31.3 Å². The fourth-order valence-corrected chi connectivity index (χ4v) is 7.76. The molecule has 0 saturated carbocycles. The molecule has 3 unspecified atom stereocenters. The Morgan fingerprint density at radius 2 is 0.900 bits per heavy atom. The largest absolute Gasteiger partial charge is 0.462 e. The molecule has 0 saturated heterocycles. The topological polar surface area (TPSA) is 95.9 Å². The molecule has 1 amide bonds. The molecular weight excluding hydrogens is 743 g/mol. The van der Waals surface area contributed by atoms with Crippen LogP contribution in [0.15, 0.2) is 48.6 Å². The zero-order valence-electron chi connectivity index (χ0n) is 39.8. The third-order valence-electron chi connectivity index (χ3n) is 11.7. The molecule has 6 nitrogen and oxygen atoms in total. The monoisotopic (exact) mass is 842 g/mol. The van der Waals surface area contributed by atoms with Gasteiger partial charge >= 0.3 is 5.97 Å². The van der Waals surface area contributed by atoms with Gasteiger partial charge in [0.2, 0.25) is 5.91 Å². The van der Waals surface area contributed by atoms with Crippen LogP contribution in [0.4, 0.5) is 0 Å². The van der Waals surface area contributed by atoms with Crippen LogP contribution in [-0.2, 0) is 14.3 Å². The molecule has 3 N–H and O–H groups in total. The van der Waals surface area contributed by atoms with Crippen molar-refractivity contribution in [2.24, 2.45) is 0 Å². The van der Waals surface area contributed by atoms with Crippen molar-refractivity contribution in [1.82, 2.24) is 5.32 Å². The number of carbonyl (C=O) groups is 2. The molecule has 0 aliphatic carbocycles. The first-order valence-electron chi connectivity index (χ1n) is 25.9. The predicted octanol–water partition coefficient (Wildman–Crippen LogP) is 15.5. The standard InChI is InChI=1S/C54H99NO5/c1-4-7-10-13-16-19-22-25-26-27-29-31-34-37-40-43-46-52(57)51(49-56)55-53(58)48-50(45-42-39-36-33-30-24-21-18-15-12-9-6-3)60-54(59)47-44-41-38-35-32-28-23-20-17-14-11-8-5-2/h9,12,18,21,28,32,38,41,50-52,56-57H,4-8,10-11,13-17,19-20,22-27,29-31,33-37,39-40,42-49H2,1-3H3,(H,55,58)/b12-9+,21-18+,32-28-,41-38+. The predicted molar refractivity (Wildman–Crippen MR) is 259 cm³/mol. The molecule has 60 heavy (non-hydrogen) atoms. The first-order chi connectivity index (χ1) is 29.5. The lowest BCUT2D eigenvalue weighted by molar-refractivity contribution is -0.150. The van der Waals surface area contributed by atoms with E-state index in [9.17, 15) is 19.8 Å². The van der Waals surface area contributed by atoms with Crippen molar-refractivity contribution < 1.29 is 24.5 Å². The quantitative estimate of drug-likeness (QED) is 0.0322. The highest BCUT2D eigenvalue weighted by atomic mass is 16.5. The van der Waals surface area contributed by atoms with Gasteiger partial charge in [-0.1, -0.05) is 223 Å². The number of nitrogens with one attached hydrogen (secondary N) is 1. The number of carbonyl (C=O) groups excluding carboxylic acids is 2. The maximum absolute atomic E-state index is 13.2. The van der Waals surface area contributed by atoms with Crippen molar-refractivity contribution in [3.8, 4) is 0 Å². The summed E-state index contributed by atoms with van der Waals surface area (Å²) >= 11 is 0. The Hall–Kier alpha value is -2.18. The molecule has 3 atom stereocenters. The van der Waals surface area contributed by atoms with Gasteiger partial charge in [0.1, 0.15) is 6.10 Å². The number of hydrogen-bond donors (Lipinski definition) is 3. The Labute approximate surface area is 372 Å². The van der Waals surface area contributed by atoms with E-state index in [1.54, 1.807) is 0 Å². The van der Waals surface area contributed by atoms with Crippen LogP contribution in [0.5, 0.6) is 0 Å². The van der Waals surface area contributed by atoms with Gasteiger partial charge in [0.05, 0.1) is 25.2 Å². The Bertz CT molecular complexity index is 1040. The molecule has 0 aromatic heterocycles. The summed E-state index contributed by atoms with van der Waals surface area (Å²) in [6, 6.07) is -0.716. The lowest BCUT2D eigenvalue weighted by Crippen LogP contribution is -2.46. The average Bonchev–Trinajstić information content (AvgIpc) is 3.24. The van der Waals surface area contributed by atoms with Gasteiger partial charge in [0.25, 0.3) is 0 Å².